The van der Waals surface area contributed by atoms with Crippen molar-refractivity contribution >= 4 is 0 Å². The van der Waals surface area contributed by atoms with Crippen molar-refractivity contribution in [3.05, 3.63) is 46.5 Å². The molecule has 0 aliphatic heterocycles. The van der Waals surface area contributed by atoms with Crippen LogP contribution in [0.4, 0.5) is 13.2 Å². The second kappa shape index (κ2) is 5.48. The average Bonchev–Trinajstić information content (AvgIpc) is 2.66. The lowest BCUT2D eigenvalue weighted by molar-refractivity contribution is -0.138. The van der Waals surface area contributed by atoms with Crippen LogP contribution in [0.2, 0.25) is 0 Å². The maximum atomic E-state index is 13.2. The van der Waals surface area contributed by atoms with E-state index >= 15 is 0 Å². The molecule has 0 saturated heterocycles. The molecule has 1 atom stereocenters. The van der Waals surface area contributed by atoms with E-state index in [-0.39, 0.29) is 5.56 Å². The third-order valence-corrected chi connectivity index (χ3v) is 3.61. The Labute approximate surface area is 121 Å². The van der Waals surface area contributed by atoms with Crippen molar-refractivity contribution in [3.8, 4) is 0 Å². The van der Waals surface area contributed by atoms with Gasteiger partial charge in [0.05, 0.1) is 17.3 Å². The predicted octanol–water partition coefficient (Wildman–Crippen LogP) is 2.76. The van der Waals surface area contributed by atoms with E-state index in [1.54, 1.807) is 25.7 Å². The van der Waals surface area contributed by atoms with Crippen LogP contribution >= 0.6 is 0 Å². The molecule has 7 heteroatoms. The summed E-state index contributed by atoms with van der Waals surface area (Å²) in [7, 11) is 3.40. The fraction of sp³-hybridized carbons (Fsp3) is 0.429. The fourth-order valence-electron chi connectivity index (χ4n) is 2.56. The van der Waals surface area contributed by atoms with E-state index in [0.29, 0.717) is 5.69 Å². The van der Waals surface area contributed by atoms with Gasteiger partial charge in [-0.25, -0.2) is 0 Å². The molecule has 21 heavy (non-hydrogen) atoms. The third-order valence-electron chi connectivity index (χ3n) is 3.61. The van der Waals surface area contributed by atoms with Gasteiger partial charge in [0, 0.05) is 36.3 Å². The van der Waals surface area contributed by atoms with Gasteiger partial charge in [-0.1, -0.05) is 0 Å². The summed E-state index contributed by atoms with van der Waals surface area (Å²) in [6, 6.07) is 0.393. The zero-order valence-electron chi connectivity index (χ0n) is 12.3. The summed E-state index contributed by atoms with van der Waals surface area (Å²) >= 11 is 0. The summed E-state index contributed by atoms with van der Waals surface area (Å²) in [4.78, 5) is 3.85. The molecule has 0 radical (unpaired) electrons. The number of hydrogen-bond acceptors (Lipinski definition) is 3. The lowest BCUT2D eigenvalue weighted by Crippen LogP contribution is -2.23. The van der Waals surface area contributed by atoms with Crippen molar-refractivity contribution in [2.24, 2.45) is 7.05 Å². The van der Waals surface area contributed by atoms with Crippen molar-refractivity contribution in [1.82, 2.24) is 20.1 Å². The van der Waals surface area contributed by atoms with Gasteiger partial charge in [0.1, 0.15) is 0 Å². The van der Waals surface area contributed by atoms with Crippen LogP contribution in [0.5, 0.6) is 0 Å². The number of alkyl halides is 3. The standard InChI is InChI=1S/C14H17F3N4/c1-8-12(9(2)21(4)20-8)13(18-3)10-7-19-6-5-11(10)14(15,16)17/h5-7,13,18H,1-4H3. The monoisotopic (exact) mass is 298 g/mol. The molecule has 2 heterocycles. The SMILES string of the molecule is CNC(c1cnccc1C(F)(F)F)c1c(C)nn(C)c1C. The maximum absolute atomic E-state index is 13.2. The first-order valence-electron chi connectivity index (χ1n) is 6.45. The number of pyridine rings is 1. The molecule has 0 aliphatic rings. The molecule has 4 nitrogen and oxygen atoms in total. The molecule has 114 valence electrons. The van der Waals surface area contributed by atoms with Crippen molar-refractivity contribution in [2.75, 3.05) is 7.05 Å². The number of halogens is 3. The van der Waals surface area contributed by atoms with Gasteiger partial charge < -0.3 is 5.32 Å². The Hall–Kier alpha value is -1.89. The van der Waals surface area contributed by atoms with Crippen LogP contribution in [-0.2, 0) is 13.2 Å². The molecular formula is C14H17F3N4. The van der Waals surface area contributed by atoms with Gasteiger partial charge in [-0.15, -0.1) is 0 Å². The number of hydrogen-bond donors (Lipinski definition) is 1. The molecule has 0 saturated carbocycles. The first kappa shape index (κ1) is 15.5. The number of aromatic nitrogens is 3. The molecule has 0 fully saturated rings. The highest BCUT2D eigenvalue weighted by atomic mass is 19.4. The molecular weight excluding hydrogens is 281 g/mol. The van der Waals surface area contributed by atoms with Crippen LogP contribution in [0.25, 0.3) is 0 Å². The lowest BCUT2D eigenvalue weighted by atomic mass is 9.94. The number of nitrogens with zero attached hydrogens (tertiary/aromatic N) is 3. The lowest BCUT2D eigenvalue weighted by Gasteiger charge is -2.21. The van der Waals surface area contributed by atoms with E-state index in [2.05, 4.69) is 15.4 Å². The van der Waals surface area contributed by atoms with E-state index in [9.17, 15) is 13.2 Å². The summed E-state index contributed by atoms with van der Waals surface area (Å²) in [6.45, 7) is 3.62. The van der Waals surface area contributed by atoms with Crippen LogP contribution in [0, 0.1) is 13.8 Å². The fourth-order valence-corrected chi connectivity index (χ4v) is 2.56. The zero-order chi connectivity index (χ0) is 15.8. The molecule has 0 amide bonds. The van der Waals surface area contributed by atoms with Gasteiger partial charge in [0.25, 0.3) is 0 Å². The van der Waals surface area contributed by atoms with Gasteiger partial charge in [-0.05, 0) is 27.0 Å². The number of rotatable bonds is 3. The van der Waals surface area contributed by atoms with Crippen molar-refractivity contribution < 1.29 is 13.2 Å². The van der Waals surface area contributed by atoms with E-state index in [1.165, 1.54) is 6.20 Å². The van der Waals surface area contributed by atoms with Crippen LogP contribution in [0.3, 0.4) is 0 Å². The number of aryl methyl sites for hydroxylation is 2. The minimum Gasteiger partial charge on any atom is -0.309 e. The van der Waals surface area contributed by atoms with Gasteiger partial charge in [0.2, 0.25) is 0 Å². The molecule has 0 aromatic carbocycles. The van der Waals surface area contributed by atoms with Crippen LogP contribution in [-0.4, -0.2) is 21.8 Å². The molecule has 2 aromatic rings. The topological polar surface area (TPSA) is 42.7 Å². The normalized spacial score (nSPS) is 13.5. The quantitative estimate of drug-likeness (QED) is 0.947. The summed E-state index contributed by atoms with van der Waals surface area (Å²) in [5, 5.41) is 7.22. The molecule has 1 unspecified atom stereocenters. The van der Waals surface area contributed by atoms with Crippen molar-refractivity contribution in [3.63, 3.8) is 0 Å². The van der Waals surface area contributed by atoms with E-state index < -0.39 is 17.8 Å². The molecule has 2 aromatic heterocycles. The second-order valence-corrected chi connectivity index (χ2v) is 4.89. The van der Waals surface area contributed by atoms with Crippen molar-refractivity contribution in [2.45, 2.75) is 26.1 Å². The van der Waals surface area contributed by atoms with Crippen LogP contribution in [0.1, 0.15) is 34.1 Å². The Morgan fingerprint density at radius 1 is 1.29 bits per heavy atom. The molecule has 2 rings (SSSR count). The van der Waals surface area contributed by atoms with E-state index in [1.807, 2.05) is 6.92 Å². The highest BCUT2D eigenvalue weighted by Crippen LogP contribution is 2.37. The predicted molar refractivity (Wildman–Crippen MR) is 72.8 cm³/mol. The Morgan fingerprint density at radius 3 is 2.43 bits per heavy atom. The molecule has 0 spiro atoms. The van der Waals surface area contributed by atoms with Gasteiger partial charge >= 0.3 is 6.18 Å². The second-order valence-electron chi connectivity index (χ2n) is 4.89. The Kier molecular flexibility index (Phi) is 4.04. The summed E-state index contributed by atoms with van der Waals surface area (Å²) in [6.07, 6.45) is -2.00. The van der Waals surface area contributed by atoms with Crippen LogP contribution in [0.15, 0.2) is 18.5 Å². The van der Waals surface area contributed by atoms with E-state index in [4.69, 9.17) is 0 Å². The van der Waals surface area contributed by atoms with Crippen LogP contribution < -0.4 is 5.32 Å². The van der Waals surface area contributed by atoms with E-state index in [0.717, 1.165) is 23.5 Å². The maximum Gasteiger partial charge on any atom is 0.416 e. The molecule has 0 bridgehead atoms. The number of nitrogens with one attached hydrogen (secondary N) is 1. The Morgan fingerprint density at radius 2 is 1.95 bits per heavy atom. The summed E-state index contributed by atoms with van der Waals surface area (Å²) in [5.41, 5.74) is 1.69. The Balaban J connectivity index is 2.63. The summed E-state index contributed by atoms with van der Waals surface area (Å²) < 4.78 is 41.2. The minimum atomic E-state index is -4.42. The van der Waals surface area contributed by atoms with Gasteiger partial charge in [0.15, 0.2) is 0 Å². The van der Waals surface area contributed by atoms with Gasteiger partial charge in [-0.3, -0.25) is 9.67 Å². The average molecular weight is 298 g/mol. The molecule has 0 aliphatic carbocycles. The molecule has 1 N–H and O–H groups in total. The smallest absolute Gasteiger partial charge is 0.309 e. The largest absolute Gasteiger partial charge is 0.416 e. The van der Waals surface area contributed by atoms with Crippen molar-refractivity contribution in [1.29, 1.82) is 0 Å². The third kappa shape index (κ3) is 2.78. The Bertz CT molecular complexity index is 646. The first-order chi connectivity index (χ1) is 9.77. The van der Waals surface area contributed by atoms with Gasteiger partial charge in [-0.2, -0.15) is 18.3 Å². The summed E-state index contributed by atoms with van der Waals surface area (Å²) in [5.74, 6) is 0. The first-order valence-corrected chi connectivity index (χ1v) is 6.45. The highest BCUT2D eigenvalue weighted by molar-refractivity contribution is 5.40. The zero-order valence-corrected chi connectivity index (χ0v) is 12.3. The highest BCUT2D eigenvalue weighted by Gasteiger charge is 2.36. The minimum absolute atomic E-state index is 0.103.